The van der Waals surface area contributed by atoms with Crippen LogP contribution in [0.15, 0.2) is 32.5 Å². The summed E-state index contributed by atoms with van der Waals surface area (Å²) in [5, 5.41) is 0. The van der Waals surface area contributed by atoms with Gasteiger partial charge in [-0.3, -0.25) is 0 Å². The lowest BCUT2D eigenvalue weighted by Crippen LogP contribution is -2.12. The van der Waals surface area contributed by atoms with Crippen molar-refractivity contribution in [3.05, 3.63) is 54.3 Å². The number of nitrogens with two attached hydrogens (primary N) is 1. The van der Waals surface area contributed by atoms with Crippen molar-refractivity contribution < 1.29 is 4.39 Å². The molecule has 1 unspecified atom stereocenters. The summed E-state index contributed by atoms with van der Waals surface area (Å²) in [4.78, 5) is 0.924. The van der Waals surface area contributed by atoms with Crippen LogP contribution in [0.3, 0.4) is 0 Å². The zero-order valence-corrected chi connectivity index (χ0v) is 13.0. The molecule has 1 nitrogen and oxygen atoms in total. The molecule has 2 N–H and O–H groups in total. The average molecular weight is 379 g/mol. The quantitative estimate of drug-likeness (QED) is 0.800. The van der Waals surface area contributed by atoms with Crippen LogP contribution in [-0.4, -0.2) is 0 Å². The summed E-state index contributed by atoms with van der Waals surface area (Å²) >= 11 is 8.33. The molecule has 2 rings (SSSR count). The second kappa shape index (κ2) is 5.18. The Labute approximate surface area is 120 Å². The lowest BCUT2D eigenvalue weighted by atomic mass is 10.0. The lowest BCUT2D eigenvalue weighted by molar-refractivity contribution is 0.600. The molecule has 1 atom stereocenters. The first-order valence-corrected chi connectivity index (χ1v) is 7.35. The molecule has 0 aliphatic carbocycles. The first-order chi connectivity index (χ1) is 7.99. The first kappa shape index (κ1) is 13.2. The number of rotatable bonds is 2. The van der Waals surface area contributed by atoms with Crippen molar-refractivity contribution in [1.82, 2.24) is 0 Å². The fraction of sp³-hybridized carbons (Fsp3) is 0.167. The highest BCUT2D eigenvalue weighted by Crippen LogP contribution is 2.37. The fourth-order valence-corrected chi connectivity index (χ4v) is 3.68. The number of aryl methyl sites for hydroxylation is 1. The molecule has 1 aromatic heterocycles. The van der Waals surface area contributed by atoms with Crippen molar-refractivity contribution in [2.45, 2.75) is 13.0 Å². The predicted octanol–water partition coefficient (Wildman–Crippen LogP) is 4.77. The van der Waals surface area contributed by atoms with Gasteiger partial charge in [-0.25, -0.2) is 4.39 Å². The zero-order valence-electron chi connectivity index (χ0n) is 9.01. The molecular weight excluding hydrogens is 369 g/mol. The molecule has 0 fully saturated rings. The Morgan fingerprint density at radius 1 is 1.29 bits per heavy atom. The van der Waals surface area contributed by atoms with Crippen molar-refractivity contribution in [3.63, 3.8) is 0 Å². The zero-order chi connectivity index (χ0) is 12.6. The van der Waals surface area contributed by atoms with Crippen LogP contribution in [0.25, 0.3) is 0 Å². The molecule has 0 bridgehead atoms. The molecule has 5 heteroatoms. The maximum absolute atomic E-state index is 13.7. The standard InChI is InChI=1S/C12H10Br2FNS/c1-6-2-3-9(15)7(4-6)11(16)10-5-8(13)12(14)17-10/h2-5,11H,16H2,1H3. The van der Waals surface area contributed by atoms with E-state index in [2.05, 4.69) is 31.9 Å². The third-order valence-corrected chi connectivity index (χ3v) is 5.80. The summed E-state index contributed by atoms with van der Waals surface area (Å²) < 4.78 is 15.6. The summed E-state index contributed by atoms with van der Waals surface area (Å²) in [5.74, 6) is -0.260. The minimum atomic E-state index is -0.428. The number of halogens is 3. The topological polar surface area (TPSA) is 26.0 Å². The minimum absolute atomic E-state index is 0.260. The Hall–Kier alpha value is -0.230. The van der Waals surface area contributed by atoms with E-state index in [0.29, 0.717) is 5.56 Å². The van der Waals surface area contributed by atoms with Gasteiger partial charge in [0, 0.05) is 14.9 Å². The van der Waals surface area contributed by atoms with E-state index in [0.717, 1.165) is 18.7 Å². The Balaban J connectivity index is 2.42. The van der Waals surface area contributed by atoms with Gasteiger partial charge in [-0.2, -0.15) is 0 Å². The smallest absolute Gasteiger partial charge is 0.128 e. The third-order valence-electron chi connectivity index (χ3n) is 2.46. The van der Waals surface area contributed by atoms with Gasteiger partial charge in [-0.15, -0.1) is 11.3 Å². The SMILES string of the molecule is Cc1ccc(F)c(C(N)c2cc(Br)c(Br)s2)c1. The summed E-state index contributed by atoms with van der Waals surface area (Å²) in [6.07, 6.45) is 0. The van der Waals surface area contributed by atoms with Crippen molar-refractivity contribution in [2.24, 2.45) is 5.73 Å². The molecule has 0 radical (unpaired) electrons. The maximum atomic E-state index is 13.7. The number of thiophene rings is 1. The van der Waals surface area contributed by atoms with Crippen LogP contribution in [0.4, 0.5) is 4.39 Å². The van der Waals surface area contributed by atoms with E-state index in [-0.39, 0.29) is 5.82 Å². The number of hydrogen-bond donors (Lipinski definition) is 1. The minimum Gasteiger partial charge on any atom is -0.320 e. The van der Waals surface area contributed by atoms with E-state index in [9.17, 15) is 4.39 Å². The molecule has 0 amide bonds. The van der Waals surface area contributed by atoms with Crippen LogP contribution in [0.2, 0.25) is 0 Å². The molecule has 0 aliphatic rings. The molecule has 2 aromatic rings. The van der Waals surface area contributed by atoms with Crippen LogP contribution < -0.4 is 5.73 Å². The van der Waals surface area contributed by atoms with Crippen LogP contribution in [-0.2, 0) is 0 Å². The molecule has 17 heavy (non-hydrogen) atoms. The molecule has 0 spiro atoms. The van der Waals surface area contributed by atoms with Gasteiger partial charge in [-0.1, -0.05) is 17.7 Å². The van der Waals surface area contributed by atoms with Crippen LogP contribution in [0.5, 0.6) is 0 Å². The van der Waals surface area contributed by atoms with E-state index in [1.165, 1.54) is 17.4 Å². The van der Waals surface area contributed by atoms with Gasteiger partial charge >= 0.3 is 0 Å². The van der Waals surface area contributed by atoms with Gasteiger partial charge in [0.15, 0.2) is 0 Å². The summed E-state index contributed by atoms with van der Waals surface area (Å²) in [6.45, 7) is 1.93. The van der Waals surface area contributed by atoms with E-state index in [4.69, 9.17) is 5.73 Å². The summed E-state index contributed by atoms with van der Waals surface area (Å²) in [5.41, 5.74) is 7.64. The fourth-order valence-electron chi connectivity index (χ4n) is 1.57. The van der Waals surface area contributed by atoms with E-state index < -0.39 is 6.04 Å². The predicted molar refractivity (Wildman–Crippen MR) is 76.9 cm³/mol. The Morgan fingerprint density at radius 2 is 2.00 bits per heavy atom. The Bertz CT molecular complexity index is 534. The lowest BCUT2D eigenvalue weighted by Gasteiger charge is -2.11. The van der Waals surface area contributed by atoms with Crippen LogP contribution in [0.1, 0.15) is 22.0 Å². The highest BCUT2D eigenvalue weighted by atomic mass is 79.9. The Kier molecular flexibility index (Phi) is 4.02. The second-order valence-electron chi connectivity index (χ2n) is 3.77. The van der Waals surface area contributed by atoms with E-state index >= 15 is 0 Å². The number of benzene rings is 1. The molecular formula is C12H10Br2FNS. The van der Waals surface area contributed by atoms with E-state index in [1.54, 1.807) is 12.1 Å². The highest BCUT2D eigenvalue weighted by Gasteiger charge is 2.17. The highest BCUT2D eigenvalue weighted by molar-refractivity contribution is 9.13. The van der Waals surface area contributed by atoms with Gasteiger partial charge in [0.2, 0.25) is 0 Å². The van der Waals surface area contributed by atoms with Gasteiger partial charge in [0.1, 0.15) is 5.82 Å². The van der Waals surface area contributed by atoms with Gasteiger partial charge in [-0.05, 0) is 50.9 Å². The van der Waals surface area contributed by atoms with Gasteiger partial charge in [0.25, 0.3) is 0 Å². The Morgan fingerprint density at radius 3 is 2.59 bits per heavy atom. The number of hydrogen-bond acceptors (Lipinski definition) is 2. The summed E-state index contributed by atoms with van der Waals surface area (Å²) in [6, 6.07) is 6.49. The van der Waals surface area contributed by atoms with Crippen LogP contribution >= 0.6 is 43.2 Å². The third kappa shape index (κ3) is 2.78. The van der Waals surface area contributed by atoms with Crippen molar-refractivity contribution in [3.8, 4) is 0 Å². The molecule has 1 heterocycles. The molecule has 0 saturated carbocycles. The average Bonchev–Trinajstić information content (AvgIpc) is 2.62. The van der Waals surface area contributed by atoms with Crippen molar-refractivity contribution >= 4 is 43.2 Å². The van der Waals surface area contributed by atoms with Crippen molar-refractivity contribution in [2.75, 3.05) is 0 Å². The molecule has 0 saturated heterocycles. The van der Waals surface area contributed by atoms with Crippen molar-refractivity contribution in [1.29, 1.82) is 0 Å². The molecule has 0 aliphatic heterocycles. The monoisotopic (exact) mass is 377 g/mol. The van der Waals surface area contributed by atoms with Crippen LogP contribution in [0, 0.1) is 12.7 Å². The first-order valence-electron chi connectivity index (χ1n) is 4.95. The van der Waals surface area contributed by atoms with Gasteiger partial charge < -0.3 is 5.73 Å². The maximum Gasteiger partial charge on any atom is 0.128 e. The van der Waals surface area contributed by atoms with E-state index in [1.807, 2.05) is 13.0 Å². The second-order valence-corrected chi connectivity index (χ2v) is 7.03. The largest absolute Gasteiger partial charge is 0.320 e. The normalized spacial score (nSPS) is 12.8. The van der Waals surface area contributed by atoms with Gasteiger partial charge in [0.05, 0.1) is 9.83 Å². The molecule has 90 valence electrons. The molecule has 1 aromatic carbocycles. The summed E-state index contributed by atoms with van der Waals surface area (Å²) in [7, 11) is 0.